The molecule has 9 heteroatoms. The molecule has 2 bridgehead atoms. The van der Waals surface area contributed by atoms with E-state index in [0.717, 1.165) is 50.0 Å². The molecule has 7 rings (SSSR count). The second kappa shape index (κ2) is 10.6. The van der Waals surface area contributed by atoms with Gasteiger partial charge in [0.15, 0.2) is 0 Å². The van der Waals surface area contributed by atoms with Crippen LogP contribution in [0.4, 0.5) is 14.6 Å². The molecule has 1 aromatic carbocycles. The summed E-state index contributed by atoms with van der Waals surface area (Å²) in [5.74, 6) is 0.401. The van der Waals surface area contributed by atoms with E-state index in [9.17, 15) is 4.39 Å². The molecule has 2 unspecified atom stereocenters. The Hall–Kier alpha value is -3.69. The maximum atomic E-state index is 15.9. The lowest BCUT2D eigenvalue weighted by Gasteiger charge is -2.37. The Balaban J connectivity index is 1.52. The molecule has 1 aliphatic carbocycles. The van der Waals surface area contributed by atoms with Crippen LogP contribution in [0.5, 0.6) is 5.88 Å². The summed E-state index contributed by atoms with van der Waals surface area (Å²) in [6.45, 7) is 2.81. The number of hydrogen-bond donors (Lipinski definition) is 1. The maximum absolute atomic E-state index is 15.9. The van der Waals surface area contributed by atoms with Crippen molar-refractivity contribution in [1.29, 1.82) is 0 Å². The van der Waals surface area contributed by atoms with Crippen LogP contribution in [0.2, 0.25) is 0 Å². The Kier molecular flexibility index (Phi) is 6.79. The maximum Gasteiger partial charge on any atom is 0.225 e. The van der Waals surface area contributed by atoms with Crippen LogP contribution in [0.3, 0.4) is 0 Å². The fourth-order valence-corrected chi connectivity index (χ4v) is 6.31. The number of fused-ring (bicyclic) bond motifs is 3. The molecule has 1 N–H and O–H groups in total. The summed E-state index contributed by atoms with van der Waals surface area (Å²) in [5.41, 5.74) is 3.22. The molecule has 0 radical (unpaired) electrons. The van der Waals surface area contributed by atoms with E-state index >= 15 is 4.39 Å². The van der Waals surface area contributed by atoms with Crippen molar-refractivity contribution in [3.8, 4) is 28.3 Å². The number of nitrogens with one attached hydrogen (secondary N) is 1. The number of rotatable bonds is 8. The summed E-state index contributed by atoms with van der Waals surface area (Å²) in [5, 5.41) is 4.14. The van der Waals surface area contributed by atoms with Gasteiger partial charge in [0.1, 0.15) is 29.8 Å². The van der Waals surface area contributed by atoms with Gasteiger partial charge in [-0.15, -0.1) is 0 Å². The number of anilines is 1. The summed E-state index contributed by atoms with van der Waals surface area (Å²) in [6.07, 6.45) is 6.02. The minimum absolute atomic E-state index is 0.0200. The molecule has 3 fully saturated rings. The van der Waals surface area contributed by atoms with Gasteiger partial charge in [0, 0.05) is 60.3 Å². The van der Waals surface area contributed by atoms with Gasteiger partial charge in [-0.1, -0.05) is 18.2 Å². The van der Waals surface area contributed by atoms with E-state index < -0.39 is 11.6 Å². The molecule has 0 amide bonds. The van der Waals surface area contributed by atoms with E-state index in [-0.39, 0.29) is 23.3 Å². The minimum atomic E-state index is -0.575. The molecular weight excluding hydrogens is 522 g/mol. The Morgan fingerprint density at radius 1 is 0.951 bits per heavy atom. The third-order valence-corrected chi connectivity index (χ3v) is 8.48. The Morgan fingerprint density at radius 2 is 1.71 bits per heavy atom. The number of pyridine rings is 3. The zero-order valence-corrected chi connectivity index (χ0v) is 23.4. The molecule has 2 atom stereocenters. The molecule has 212 valence electrons. The van der Waals surface area contributed by atoms with Crippen LogP contribution in [0.1, 0.15) is 37.3 Å². The van der Waals surface area contributed by atoms with Crippen LogP contribution in [-0.2, 0) is 0 Å². The van der Waals surface area contributed by atoms with Crippen molar-refractivity contribution in [3.63, 3.8) is 0 Å². The lowest BCUT2D eigenvalue weighted by molar-refractivity contribution is 0.255. The number of hydrogen-bond acceptors (Lipinski definition) is 7. The second-order valence-electron chi connectivity index (χ2n) is 11.6. The van der Waals surface area contributed by atoms with Crippen molar-refractivity contribution in [2.45, 2.75) is 43.7 Å². The summed E-state index contributed by atoms with van der Waals surface area (Å²) >= 11 is 0. The number of nitrogens with zero attached hydrogens (tertiary/aromatic N) is 5. The molecule has 1 saturated carbocycles. The Labute approximate surface area is 238 Å². The summed E-state index contributed by atoms with van der Waals surface area (Å²) < 4.78 is 37.4. The summed E-state index contributed by atoms with van der Waals surface area (Å²) in [4.78, 5) is 19.2. The standard InChI is InChI=1S/C32H34F2N6O/c1-39(2)14-15-41-32-27(23-7-5-13-36-28(23)19-9-10-19)30-24(31(38-32)40-20-11-12-21(40)18-35-17-20)16-26(34)29(37-30)22-6-3-4-8-25(22)33/h3-8,13,16,19-21,35H,9-12,14-15,17-18H2,1-2H3. The number of halogens is 2. The number of benzene rings is 1. The zero-order chi connectivity index (χ0) is 28.1. The predicted octanol–water partition coefficient (Wildman–Crippen LogP) is 5.40. The second-order valence-corrected chi connectivity index (χ2v) is 11.6. The van der Waals surface area contributed by atoms with Crippen LogP contribution < -0.4 is 15.0 Å². The largest absolute Gasteiger partial charge is 0.476 e. The lowest BCUT2D eigenvalue weighted by Crippen LogP contribution is -2.52. The molecule has 7 nitrogen and oxygen atoms in total. The smallest absolute Gasteiger partial charge is 0.225 e. The van der Waals surface area contributed by atoms with Gasteiger partial charge in [0.2, 0.25) is 5.88 Å². The number of ether oxygens (including phenoxy) is 1. The highest BCUT2D eigenvalue weighted by Gasteiger charge is 2.39. The monoisotopic (exact) mass is 556 g/mol. The first-order valence-corrected chi connectivity index (χ1v) is 14.5. The van der Waals surface area contributed by atoms with E-state index in [1.54, 1.807) is 18.2 Å². The highest BCUT2D eigenvalue weighted by molar-refractivity contribution is 6.03. The van der Waals surface area contributed by atoms with Crippen LogP contribution in [0, 0.1) is 11.6 Å². The van der Waals surface area contributed by atoms with Gasteiger partial charge in [-0.2, -0.15) is 4.98 Å². The van der Waals surface area contributed by atoms with E-state index in [1.807, 2.05) is 32.4 Å². The predicted molar refractivity (Wildman–Crippen MR) is 156 cm³/mol. The summed E-state index contributed by atoms with van der Waals surface area (Å²) in [7, 11) is 4.00. The molecule has 41 heavy (non-hydrogen) atoms. The van der Waals surface area contributed by atoms with E-state index in [2.05, 4.69) is 15.1 Å². The van der Waals surface area contributed by atoms with Crippen LogP contribution in [0.25, 0.3) is 33.3 Å². The third kappa shape index (κ3) is 4.81. The van der Waals surface area contributed by atoms with Gasteiger partial charge in [-0.05, 0) is 64.0 Å². The number of aromatic nitrogens is 3. The molecular formula is C32H34F2N6O. The normalized spacial score (nSPS) is 20.3. The molecule has 3 aliphatic rings. The van der Waals surface area contributed by atoms with Crippen LogP contribution in [0.15, 0.2) is 48.7 Å². The molecule has 5 heterocycles. The van der Waals surface area contributed by atoms with E-state index in [1.165, 1.54) is 12.1 Å². The third-order valence-electron chi connectivity index (χ3n) is 8.48. The zero-order valence-electron chi connectivity index (χ0n) is 23.4. The van der Waals surface area contributed by atoms with Gasteiger partial charge in [-0.3, -0.25) is 4.98 Å². The van der Waals surface area contributed by atoms with Crippen molar-refractivity contribution in [2.75, 3.05) is 45.2 Å². The van der Waals surface area contributed by atoms with Crippen LogP contribution in [-0.4, -0.2) is 72.3 Å². The van der Waals surface area contributed by atoms with Crippen molar-refractivity contribution < 1.29 is 13.5 Å². The van der Waals surface area contributed by atoms with Gasteiger partial charge >= 0.3 is 0 Å². The first kappa shape index (κ1) is 26.2. The number of likely N-dealkylation sites (N-methyl/N-ethyl adjacent to an activating group) is 1. The van der Waals surface area contributed by atoms with Crippen molar-refractivity contribution in [1.82, 2.24) is 25.2 Å². The van der Waals surface area contributed by atoms with E-state index in [0.29, 0.717) is 47.2 Å². The first-order chi connectivity index (χ1) is 20.0. The molecule has 3 aromatic heterocycles. The minimum Gasteiger partial charge on any atom is -0.476 e. The highest BCUT2D eigenvalue weighted by Crippen LogP contribution is 2.48. The lowest BCUT2D eigenvalue weighted by atomic mass is 9.98. The topological polar surface area (TPSA) is 66.4 Å². The Bertz CT molecular complexity index is 1590. The molecule has 2 saturated heterocycles. The quantitative estimate of drug-likeness (QED) is 0.312. The van der Waals surface area contributed by atoms with Crippen LogP contribution >= 0.6 is 0 Å². The molecule has 2 aliphatic heterocycles. The van der Waals surface area contributed by atoms with Gasteiger partial charge in [0.25, 0.3) is 0 Å². The highest BCUT2D eigenvalue weighted by atomic mass is 19.1. The van der Waals surface area contributed by atoms with Gasteiger partial charge in [0.05, 0.1) is 16.8 Å². The van der Waals surface area contributed by atoms with Gasteiger partial charge < -0.3 is 19.9 Å². The SMILES string of the molecule is CN(C)CCOc1nc(N2C3CCC2CNC3)c2cc(F)c(-c3ccccc3F)nc2c1-c1cccnc1C1CC1. The van der Waals surface area contributed by atoms with Crippen molar-refractivity contribution in [2.24, 2.45) is 0 Å². The van der Waals surface area contributed by atoms with Crippen molar-refractivity contribution >= 4 is 16.7 Å². The average molecular weight is 557 g/mol. The fraction of sp³-hybridized carbons (Fsp3) is 0.406. The van der Waals surface area contributed by atoms with Gasteiger partial charge in [-0.25, -0.2) is 13.8 Å². The molecule has 0 spiro atoms. The van der Waals surface area contributed by atoms with E-state index in [4.69, 9.17) is 19.7 Å². The number of piperazine rings is 1. The summed E-state index contributed by atoms with van der Waals surface area (Å²) in [6, 6.07) is 12.1. The molecule has 4 aromatic rings. The first-order valence-electron chi connectivity index (χ1n) is 14.5. The Morgan fingerprint density at radius 3 is 2.44 bits per heavy atom. The average Bonchev–Trinajstić information content (AvgIpc) is 3.78. The fourth-order valence-electron chi connectivity index (χ4n) is 6.31. The van der Waals surface area contributed by atoms with Crippen molar-refractivity contribution in [3.05, 3.63) is 66.0 Å².